The van der Waals surface area contributed by atoms with E-state index in [1.54, 1.807) is 0 Å². The third kappa shape index (κ3) is 4.39. The fourth-order valence-corrected chi connectivity index (χ4v) is 1.90. The van der Waals surface area contributed by atoms with Crippen LogP contribution in [-0.2, 0) is 4.74 Å². The second kappa shape index (κ2) is 5.04. The van der Waals surface area contributed by atoms with E-state index < -0.39 is 5.60 Å². The minimum atomic E-state index is -0.468. The predicted molar refractivity (Wildman–Crippen MR) is 62.2 cm³/mol. The van der Waals surface area contributed by atoms with Crippen molar-refractivity contribution in [3.05, 3.63) is 0 Å². The van der Waals surface area contributed by atoms with Crippen LogP contribution in [0.25, 0.3) is 0 Å². The average Bonchev–Trinajstić information content (AvgIpc) is 2.08. The molecule has 4 nitrogen and oxygen atoms in total. The fourth-order valence-electron chi connectivity index (χ4n) is 1.90. The highest BCUT2D eigenvalue weighted by molar-refractivity contribution is 5.68. The molecule has 1 aliphatic carbocycles. The Morgan fingerprint density at radius 1 is 1.38 bits per heavy atom. The molecule has 0 spiro atoms. The van der Waals surface area contributed by atoms with Gasteiger partial charge in [0, 0.05) is 6.04 Å². The molecule has 1 saturated carbocycles. The van der Waals surface area contributed by atoms with Crippen LogP contribution < -0.4 is 5.32 Å². The van der Waals surface area contributed by atoms with Crippen molar-refractivity contribution < 1.29 is 14.6 Å². The summed E-state index contributed by atoms with van der Waals surface area (Å²) in [5.41, 5.74) is -0.468. The van der Waals surface area contributed by atoms with Gasteiger partial charge in [-0.25, -0.2) is 4.79 Å². The highest BCUT2D eigenvalue weighted by Gasteiger charge is 2.28. The van der Waals surface area contributed by atoms with E-state index in [0.717, 1.165) is 12.8 Å². The summed E-state index contributed by atoms with van der Waals surface area (Å²) < 4.78 is 5.17. The van der Waals surface area contributed by atoms with Gasteiger partial charge in [-0.15, -0.1) is 0 Å². The Balaban J connectivity index is 2.35. The summed E-state index contributed by atoms with van der Waals surface area (Å²) >= 11 is 0. The lowest BCUT2D eigenvalue weighted by Crippen LogP contribution is -2.44. The third-order valence-corrected chi connectivity index (χ3v) is 2.87. The molecule has 0 aromatic carbocycles. The number of hydrogen-bond acceptors (Lipinski definition) is 3. The van der Waals surface area contributed by atoms with E-state index in [-0.39, 0.29) is 18.2 Å². The summed E-state index contributed by atoms with van der Waals surface area (Å²) in [5.74, 6) is 0.330. The summed E-state index contributed by atoms with van der Waals surface area (Å²) in [4.78, 5) is 11.5. The molecule has 0 aromatic heterocycles. The van der Waals surface area contributed by atoms with Crippen LogP contribution in [0.1, 0.15) is 47.0 Å². The molecule has 4 heteroatoms. The molecular formula is C12H23NO3. The Bertz CT molecular complexity index is 247. The fraction of sp³-hybridized carbons (Fsp3) is 0.917. The predicted octanol–water partition coefficient (Wildman–Crippen LogP) is 2.06. The number of aliphatic hydroxyl groups excluding tert-OH is 1. The molecule has 0 bridgehead atoms. The van der Waals surface area contributed by atoms with Crippen molar-refractivity contribution in [1.29, 1.82) is 0 Å². The van der Waals surface area contributed by atoms with E-state index in [4.69, 9.17) is 4.74 Å². The number of ether oxygens (including phenoxy) is 1. The second-order valence-corrected chi connectivity index (χ2v) is 5.70. The maximum Gasteiger partial charge on any atom is 0.407 e. The Hall–Kier alpha value is -0.770. The summed E-state index contributed by atoms with van der Waals surface area (Å²) in [6.07, 6.45) is 1.78. The van der Waals surface area contributed by atoms with E-state index >= 15 is 0 Å². The number of aliphatic hydroxyl groups is 1. The summed E-state index contributed by atoms with van der Waals surface area (Å²) in [6.45, 7) is 7.55. The van der Waals surface area contributed by atoms with Gasteiger partial charge in [0.15, 0.2) is 0 Å². The van der Waals surface area contributed by atoms with E-state index in [2.05, 4.69) is 5.32 Å². The number of alkyl carbamates (subject to hydrolysis) is 1. The van der Waals surface area contributed by atoms with Crippen LogP contribution in [0.15, 0.2) is 0 Å². The van der Waals surface area contributed by atoms with Crippen LogP contribution in [0, 0.1) is 5.92 Å². The van der Waals surface area contributed by atoms with Crippen molar-refractivity contribution in [2.75, 3.05) is 0 Å². The lowest BCUT2D eigenvalue weighted by atomic mass is 9.85. The minimum absolute atomic E-state index is 0.0426. The molecule has 0 aromatic rings. The van der Waals surface area contributed by atoms with Gasteiger partial charge in [0.05, 0.1) is 6.10 Å². The number of hydrogen-bond donors (Lipinski definition) is 2. The van der Waals surface area contributed by atoms with Gasteiger partial charge in [-0.1, -0.05) is 6.92 Å². The SMILES string of the molecule is C[C@@H]1CC[C@H](NC(=O)OC(C)(C)C)C[C@@H]1O. The number of carbonyl (C=O) groups excluding carboxylic acids is 1. The second-order valence-electron chi connectivity index (χ2n) is 5.70. The van der Waals surface area contributed by atoms with Crippen molar-refractivity contribution in [2.45, 2.75) is 64.7 Å². The molecule has 1 fully saturated rings. The molecule has 1 aliphatic rings. The number of carbonyl (C=O) groups is 1. The normalized spacial score (nSPS) is 30.9. The smallest absolute Gasteiger partial charge is 0.407 e. The molecule has 0 aliphatic heterocycles. The van der Waals surface area contributed by atoms with E-state index in [1.165, 1.54) is 0 Å². The first-order valence-electron chi connectivity index (χ1n) is 5.95. The Labute approximate surface area is 97.4 Å². The molecule has 2 N–H and O–H groups in total. The highest BCUT2D eigenvalue weighted by Crippen LogP contribution is 2.24. The van der Waals surface area contributed by atoms with Crippen molar-refractivity contribution in [3.8, 4) is 0 Å². The van der Waals surface area contributed by atoms with Crippen molar-refractivity contribution in [2.24, 2.45) is 5.92 Å². The first-order chi connectivity index (χ1) is 7.28. The summed E-state index contributed by atoms with van der Waals surface area (Å²) in [6, 6.07) is 0.0426. The first kappa shape index (κ1) is 13.3. The van der Waals surface area contributed by atoms with Gasteiger partial charge in [-0.2, -0.15) is 0 Å². The average molecular weight is 229 g/mol. The van der Waals surface area contributed by atoms with E-state index in [1.807, 2.05) is 27.7 Å². The van der Waals surface area contributed by atoms with Gasteiger partial charge < -0.3 is 15.2 Å². The Morgan fingerprint density at radius 2 is 2.00 bits per heavy atom. The van der Waals surface area contributed by atoms with Gasteiger partial charge in [0.2, 0.25) is 0 Å². The molecule has 0 saturated heterocycles. The molecule has 0 unspecified atom stereocenters. The Morgan fingerprint density at radius 3 is 2.50 bits per heavy atom. The van der Waals surface area contributed by atoms with Gasteiger partial charge in [0.1, 0.15) is 5.60 Å². The van der Waals surface area contributed by atoms with Gasteiger partial charge >= 0.3 is 6.09 Å². The zero-order valence-corrected chi connectivity index (χ0v) is 10.6. The number of nitrogens with one attached hydrogen (secondary N) is 1. The number of amides is 1. The van der Waals surface area contributed by atoms with Crippen molar-refractivity contribution >= 4 is 6.09 Å². The van der Waals surface area contributed by atoms with Crippen LogP contribution in [0.2, 0.25) is 0 Å². The standard InChI is InChI=1S/C12H23NO3/c1-8-5-6-9(7-10(8)14)13-11(15)16-12(2,3)4/h8-10,14H,5-7H2,1-4H3,(H,13,15)/t8-,9+,10+/m1/s1. The van der Waals surface area contributed by atoms with Gasteiger partial charge in [0.25, 0.3) is 0 Å². The van der Waals surface area contributed by atoms with Crippen molar-refractivity contribution in [1.82, 2.24) is 5.32 Å². The molecule has 0 heterocycles. The van der Waals surface area contributed by atoms with Crippen LogP contribution in [0.5, 0.6) is 0 Å². The quantitative estimate of drug-likeness (QED) is 0.723. The van der Waals surface area contributed by atoms with E-state index in [9.17, 15) is 9.90 Å². The molecular weight excluding hydrogens is 206 g/mol. The molecule has 0 radical (unpaired) electrons. The largest absolute Gasteiger partial charge is 0.444 e. The molecule has 16 heavy (non-hydrogen) atoms. The maximum atomic E-state index is 11.5. The zero-order chi connectivity index (χ0) is 12.3. The van der Waals surface area contributed by atoms with Gasteiger partial charge in [-0.3, -0.25) is 0 Å². The third-order valence-electron chi connectivity index (χ3n) is 2.87. The maximum absolute atomic E-state index is 11.5. The van der Waals surface area contributed by atoms with Crippen LogP contribution >= 0.6 is 0 Å². The van der Waals surface area contributed by atoms with E-state index in [0.29, 0.717) is 12.3 Å². The van der Waals surface area contributed by atoms with Crippen LogP contribution in [0.4, 0.5) is 4.79 Å². The lowest BCUT2D eigenvalue weighted by molar-refractivity contribution is 0.0370. The first-order valence-corrected chi connectivity index (χ1v) is 5.95. The minimum Gasteiger partial charge on any atom is -0.444 e. The molecule has 1 amide bonds. The number of rotatable bonds is 1. The monoisotopic (exact) mass is 229 g/mol. The van der Waals surface area contributed by atoms with Crippen LogP contribution in [-0.4, -0.2) is 28.9 Å². The summed E-state index contributed by atoms with van der Waals surface area (Å²) in [7, 11) is 0. The molecule has 3 atom stereocenters. The zero-order valence-electron chi connectivity index (χ0n) is 10.6. The molecule has 1 rings (SSSR count). The topological polar surface area (TPSA) is 58.6 Å². The highest BCUT2D eigenvalue weighted by atomic mass is 16.6. The van der Waals surface area contributed by atoms with Crippen molar-refractivity contribution in [3.63, 3.8) is 0 Å². The van der Waals surface area contributed by atoms with Gasteiger partial charge in [-0.05, 0) is 46.0 Å². The Kier molecular flexibility index (Phi) is 4.19. The van der Waals surface area contributed by atoms with Crippen LogP contribution in [0.3, 0.4) is 0 Å². The molecule has 94 valence electrons. The lowest BCUT2D eigenvalue weighted by Gasteiger charge is -2.32. The summed E-state index contributed by atoms with van der Waals surface area (Å²) in [5, 5.41) is 12.5.